The molecule has 0 bridgehead atoms. The number of pyridine rings is 1. The number of fused-ring (bicyclic) bond motifs is 1. The molecule has 3 rings (SSSR count). The fraction of sp³-hybridized carbons (Fsp3) is 0.182. The number of likely N-dealkylation sites (N-methyl/N-ethyl adjacent to an activating group) is 1. The normalized spacial score (nSPS) is 11.0. The van der Waals surface area contributed by atoms with E-state index in [-0.39, 0.29) is 18.2 Å². The van der Waals surface area contributed by atoms with Gasteiger partial charge in [0.1, 0.15) is 0 Å². The first-order valence-electron chi connectivity index (χ1n) is 9.23. The number of carbonyl (C=O) groups is 1. The summed E-state index contributed by atoms with van der Waals surface area (Å²) < 4.78 is 11.7. The highest BCUT2D eigenvalue weighted by molar-refractivity contribution is 9.10. The fourth-order valence-electron chi connectivity index (χ4n) is 2.83. The van der Waals surface area contributed by atoms with Gasteiger partial charge in [0.15, 0.2) is 18.1 Å². The smallest absolute Gasteiger partial charge is 0.278 e. The van der Waals surface area contributed by atoms with E-state index in [0.29, 0.717) is 32.6 Å². The Bertz CT molecular complexity index is 1180. The Hall–Kier alpha value is -3.46. The van der Waals surface area contributed by atoms with Crippen LogP contribution >= 0.6 is 15.9 Å². The summed E-state index contributed by atoms with van der Waals surface area (Å²) in [6.45, 7) is -0.107. The molecule has 1 heterocycles. The van der Waals surface area contributed by atoms with E-state index >= 15 is 0 Å². The Labute approximate surface area is 187 Å². The number of ether oxygens (including phenoxy) is 2. The van der Waals surface area contributed by atoms with Crippen molar-refractivity contribution >= 4 is 50.6 Å². The van der Waals surface area contributed by atoms with E-state index in [1.807, 2.05) is 12.1 Å². The van der Waals surface area contributed by atoms with Crippen molar-refractivity contribution < 1.29 is 19.2 Å². The summed E-state index contributed by atoms with van der Waals surface area (Å²) in [6, 6.07) is 11.8. The van der Waals surface area contributed by atoms with Gasteiger partial charge < -0.3 is 14.4 Å². The summed E-state index contributed by atoms with van der Waals surface area (Å²) in [5.74, 6) is 0.745. The van der Waals surface area contributed by atoms with Crippen molar-refractivity contribution in [2.24, 2.45) is 0 Å². The highest BCUT2D eigenvalue weighted by Crippen LogP contribution is 2.37. The second kappa shape index (κ2) is 9.57. The van der Waals surface area contributed by atoms with E-state index in [1.54, 1.807) is 50.5 Å². The standard InChI is InChI=1S/C22H20BrN3O5/c1-25(2)21(27)13-31-22-17(23)11-14(12-20(22)30-3)7-8-15-9-10-16-18(24-15)5-4-6-19(16)26(28)29/h4-12H,13H2,1-3H3/b8-7+. The van der Waals surface area contributed by atoms with Crippen LogP contribution in [-0.4, -0.2) is 48.5 Å². The second-order valence-electron chi connectivity index (χ2n) is 6.78. The van der Waals surface area contributed by atoms with Crippen LogP contribution in [0.15, 0.2) is 46.9 Å². The molecule has 0 saturated carbocycles. The average Bonchev–Trinajstić information content (AvgIpc) is 2.75. The molecular formula is C22H20BrN3O5. The molecule has 0 saturated heterocycles. The van der Waals surface area contributed by atoms with Gasteiger partial charge in [-0.25, -0.2) is 4.98 Å². The molecule has 160 valence electrons. The van der Waals surface area contributed by atoms with Crippen LogP contribution in [0.5, 0.6) is 11.5 Å². The maximum absolute atomic E-state index is 11.8. The van der Waals surface area contributed by atoms with Crippen LogP contribution in [0.4, 0.5) is 5.69 Å². The number of nitro benzene ring substituents is 1. The number of halogens is 1. The zero-order valence-corrected chi connectivity index (χ0v) is 18.8. The third kappa shape index (κ3) is 5.18. The van der Waals surface area contributed by atoms with Crippen LogP contribution in [-0.2, 0) is 4.79 Å². The first-order chi connectivity index (χ1) is 14.8. The van der Waals surface area contributed by atoms with Gasteiger partial charge in [-0.05, 0) is 57.9 Å². The number of hydrogen-bond acceptors (Lipinski definition) is 6. The summed E-state index contributed by atoms with van der Waals surface area (Å²) in [7, 11) is 4.84. The van der Waals surface area contributed by atoms with E-state index in [4.69, 9.17) is 9.47 Å². The van der Waals surface area contributed by atoms with Crippen molar-refractivity contribution in [3.05, 3.63) is 68.3 Å². The minimum Gasteiger partial charge on any atom is -0.493 e. The van der Waals surface area contributed by atoms with Crippen LogP contribution in [0.25, 0.3) is 23.1 Å². The van der Waals surface area contributed by atoms with Gasteiger partial charge in [0.05, 0.1) is 33.1 Å². The first-order valence-corrected chi connectivity index (χ1v) is 10.0. The molecule has 1 aromatic heterocycles. The predicted molar refractivity (Wildman–Crippen MR) is 122 cm³/mol. The number of nitro groups is 1. The molecule has 0 radical (unpaired) electrons. The lowest BCUT2D eigenvalue weighted by Crippen LogP contribution is -2.27. The van der Waals surface area contributed by atoms with Crippen molar-refractivity contribution in [2.75, 3.05) is 27.8 Å². The number of rotatable bonds is 7. The number of methoxy groups -OCH3 is 1. The zero-order chi connectivity index (χ0) is 22.5. The summed E-state index contributed by atoms with van der Waals surface area (Å²) >= 11 is 3.46. The quantitative estimate of drug-likeness (QED) is 0.359. The minimum absolute atomic E-state index is 0.0255. The van der Waals surface area contributed by atoms with E-state index in [1.165, 1.54) is 18.1 Å². The topological polar surface area (TPSA) is 94.8 Å². The lowest BCUT2D eigenvalue weighted by Gasteiger charge is -2.15. The lowest BCUT2D eigenvalue weighted by atomic mass is 10.1. The van der Waals surface area contributed by atoms with Gasteiger partial charge in [-0.3, -0.25) is 14.9 Å². The number of aromatic nitrogens is 1. The Morgan fingerprint density at radius 3 is 2.68 bits per heavy atom. The number of nitrogens with zero attached hydrogens (tertiary/aromatic N) is 3. The van der Waals surface area contributed by atoms with Crippen molar-refractivity contribution in [3.63, 3.8) is 0 Å². The summed E-state index contributed by atoms with van der Waals surface area (Å²) in [5.41, 5.74) is 2.04. The maximum atomic E-state index is 11.8. The van der Waals surface area contributed by atoms with Crippen LogP contribution < -0.4 is 9.47 Å². The molecule has 31 heavy (non-hydrogen) atoms. The van der Waals surface area contributed by atoms with E-state index in [9.17, 15) is 14.9 Å². The molecule has 8 nitrogen and oxygen atoms in total. The Morgan fingerprint density at radius 2 is 2.00 bits per heavy atom. The number of benzene rings is 2. The van der Waals surface area contributed by atoms with Crippen molar-refractivity contribution in [1.82, 2.24) is 9.88 Å². The lowest BCUT2D eigenvalue weighted by molar-refractivity contribution is -0.383. The Kier molecular flexibility index (Phi) is 6.86. The van der Waals surface area contributed by atoms with E-state index in [2.05, 4.69) is 20.9 Å². The molecule has 0 spiro atoms. The molecule has 3 aromatic rings. The van der Waals surface area contributed by atoms with Gasteiger partial charge in [0.2, 0.25) is 0 Å². The Balaban J connectivity index is 1.86. The van der Waals surface area contributed by atoms with Crippen molar-refractivity contribution in [1.29, 1.82) is 0 Å². The van der Waals surface area contributed by atoms with Crippen molar-refractivity contribution in [3.8, 4) is 11.5 Å². The third-order valence-electron chi connectivity index (χ3n) is 4.46. The molecule has 9 heteroatoms. The number of non-ortho nitro benzene ring substituents is 1. The maximum Gasteiger partial charge on any atom is 0.278 e. The zero-order valence-electron chi connectivity index (χ0n) is 17.2. The summed E-state index contributed by atoms with van der Waals surface area (Å²) in [6.07, 6.45) is 3.64. The van der Waals surface area contributed by atoms with Gasteiger partial charge in [-0.2, -0.15) is 0 Å². The molecule has 0 aliphatic carbocycles. The molecule has 0 unspecified atom stereocenters. The highest BCUT2D eigenvalue weighted by Gasteiger charge is 2.14. The average molecular weight is 486 g/mol. The first kappa shape index (κ1) is 22.2. The highest BCUT2D eigenvalue weighted by atomic mass is 79.9. The minimum atomic E-state index is -0.418. The molecule has 0 aliphatic rings. The predicted octanol–water partition coefficient (Wildman–Crippen LogP) is 4.55. The molecule has 1 amide bonds. The van der Waals surface area contributed by atoms with Gasteiger partial charge in [-0.1, -0.05) is 12.1 Å². The molecule has 0 fully saturated rings. The van der Waals surface area contributed by atoms with Gasteiger partial charge in [0, 0.05) is 20.2 Å². The molecule has 0 N–H and O–H groups in total. The van der Waals surface area contributed by atoms with Crippen LogP contribution in [0, 0.1) is 10.1 Å². The second-order valence-corrected chi connectivity index (χ2v) is 7.64. The van der Waals surface area contributed by atoms with Crippen molar-refractivity contribution in [2.45, 2.75) is 0 Å². The van der Waals surface area contributed by atoms with E-state index < -0.39 is 4.92 Å². The van der Waals surface area contributed by atoms with Gasteiger partial charge in [-0.15, -0.1) is 0 Å². The number of carbonyl (C=O) groups excluding carboxylic acids is 1. The number of amides is 1. The van der Waals surface area contributed by atoms with Crippen LogP contribution in [0.3, 0.4) is 0 Å². The monoisotopic (exact) mass is 485 g/mol. The third-order valence-corrected chi connectivity index (χ3v) is 5.05. The SMILES string of the molecule is COc1cc(/C=C/c2ccc3c([N+](=O)[O-])cccc3n2)cc(Br)c1OCC(=O)N(C)C. The molecule has 0 atom stereocenters. The molecular weight excluding hydrogens is 466 g/mol. The van der Waals surface area contributed by atoms with Crippen LogP contribution in [0.2, 0.25) is 0 Å². The Morgan fingerprint density at radius 1 is 1.23 bits per heavy atom. The van der Waals surface area contributed by atoms with E-state index in [0.717, 1.165) is 5.56 Å². The summed E-state index contributed by atoms with van der Waals surface area (Å²) in [5, 5.41) is 11.7. The fourth-order valence-corrected chi connectivity index (χ4v) is 3.40. The largest absolute Gasteiger partial charge is 0.493 e. The number of hydrogen-bond donors (Lipinski definition) is 0. The molecule has 0 aliphatic heterocycles. The van der Waals surface area contributed by atoms with Gasteiger partial charge in [0.25, 0.3) is 11.6 Å². The summed E-state index contributed by atoms with van der Waals surface area (Å²) in [4.78, 5) is 28.5. The van der Waals surface area contributed by atoms with Crippen LogP contribution in [0.1, 0.15) is 11.3 Å². The van der Waals surface area contributed by atoms with Gasteiger partial charge >= 0.3 is 0 Å². The molecule has 2 aromatic carbocycles.